The van der Waals surface area contributed by atoms with Gasteiger partial charge in [-0.1, -0.05) is 0 Å². The van der Waals surface area contributed by atoms with E-state index in [2.05, 4.69) is 9.08 Å². The second-order valence-electron chi connectivity index (χ2n) is 3.25. The average molecular weight is 256 g/mol. The van der Waals surface area contributed by atoms with Crippen molar-refractivity contribution < 1.29 is 22.9 Å². The van der Waals surface area contributed by atoms with E-state index in [1.807, 2.05) is 12.0 Å². The lowest BCUT2D eigenvalue weighted by Gasteiger charge is -2.33. The summed E-state index contributed by atoms with van der Waals surface area (Å²) in [7, 11) is -2.70. The van der Waals surface area contributed by atoms with E-state index in [-0.39, 0.29) is 12.1 Å². The third kappa shape index (κ3) is 6.36. The number of thiol groups is 1. The summed E-state index contributed by atoms with van der Waals surface area (Å²) in [5.41, 5.74) is 0. The van der Waals surface area contributed by atoms with Gasteiger partial charge < -0.3 is 5.48 Å². The second-order valence-corrected chi connectivity index (χ2v) is 3.95. The molecule has 0 aromatic rings. The van der Waals surface area contributed by atoms with E-state index in [1.54, 1.807) is 0 Å². The molecule has 16 heavy (non-hydrogen) atoms. The molecule has 1 aliphatic rings. The summed E-state index contributed by atoms with van der Waals surface area (Å²) in [5.74, 6) is 0. The van der Waals surface area contributed by atoms with Crippen molar-refractivity contribution >= 4 is 11.0 Å². The molecular weight excluding hydrogens is 236 g/mol. The highest BCUT2D eigenvalue weighted by molar-refractivity contribution is 7.67. The molecule has 0 aromatic heterocycles. The third-order valence-electron chi connectivity index (χ3n) is 2.25. The average Bonchev–Trinajstić information content (AvgIpc) is 2.20. The molecule has 0 atom stereocenters. The summed E-state index contributed by atoms with van der Waals surface area (Å²) in [4.78, 5) is 7.51. The number of hydrogen-bond donors (Lipinski definition) is 1. The van der Waals surface area contributed by atoms with Crippen molar-refractivity contribution in [1.29, 1.82) is 0 Å². The van der Waals surface area contributed by atoms with Crippen LogP contribution in [0.3, 0.4) is 0 Å². The summed E-state index contributed by atoms with van der Waals surface area (Å²) in [6.45, 7) is 7.05. The van der Waals surface area contributed by atoms with Crippen molar-refractivity contribution in [2.75, 3.05) is 45.9 Å². The van der Waals surface area contributed by atoms with Gasteiger partial charge in [-0.25, -0.2) is 8.42 Å². The van der Waals surface area contributed by atoms with Gasteiger partial charge >= 0.3 is 0 Å². The van der Waals surface area contributed by atoms with Crippen molar-refractivity contribution in [2.45, 2.75) is 6.92 Å². The van der Waals surface area contributed by atoms with Gasteiger partial charge in [-0.3, -0.25) is 13.9 Å². The molecule has 0 aliphatic carbocycles. The van der Waals surface area contributed by atoms with E-state index in [0.717, 1.165) is 26.2 Å². The van der Waals surface area contributed by atoms with Crippen LogP contribution in [0.2, 0.25) is 0 Å². The predicted molar refractivity (Wildman–Crippen MR) is 59.5 cm³/mol. The van der Waals surface area contributed by atoms with Crippen LogP contribution in [0.1, 0.15) is 6.92 Å². The standard InChI is InChI=1S/C8H18N2O4S.H2O/c1-2-13-10-5-3-9(4-6-10)7-8-14-15(11)12;/h15H,2-8H2,1H3;1H2. The molecule has 98 valence electrons. The predicted octanol–water partition coefficient (Wildman–Crippen LogP) is -1.73. The first kappa shape index (κ1) is 15.8. The van der Waals surface area contributed by atoms with Crippen LogP contribution >= 0.6 is 0 Å². The quantitative estimate of drug-likeness (QED) is 0.568. The van der Waals surface area contributed by atoms with Gasteiger partial charge in [0.05, 0.1) is 13.2 Å². The summed E-state index contributed by atoms with van der Waals surface area (Å²) in [5, 5.41) is 1.94. The molecule has 1 aliphatic heterocycles. The SMILES string of the molecule is CCON1CCN(CCO[SH](=O)=O)CC1.O. The molecular formula is C8H20N2O5S. The molecule has 0 amide bonds. The highest BCUT2D eigenvalue weighted by Crippen LogP contribution is 2.01. The van der Waals surface area contributed by atoms with Gasteiger partial charge in [0.1, 0.15) is 0 Å². The van der Waals surface area contributed by atoms with E-state index in [0.29, 0.717) is 13.2 Å². The Kier molecular flexibility index (Phi) is 8.71. The van der Waals surface area contributed by atoms with E-state index < -0.39 is 11.0 Å². The van der Waals surface area contributed by atoms with Gasteiger partial charge in [-0.2, -0.15) is 5.06 Å². The van der Waals surface area contributed by atoms with Gasteiger partial charge in [-0.15, -0.1) is 0 Å². The Labute approximate surface area is 97.3 Å². The lowest BCUT2D eigenvalue weighted by molar-refractivity contribution is -0.172. The maximum Gasteiger partial charge on any atom is 0.257 e. The maximum atomic E-state index is 10.1. The van der Waals surface area contributed by atoms with E-state index in [1.165, 1.54) is 0 Å². The fourth-order valence-corrected chi connectivity index (χ4v) is 1.74. The summed E-state index contributed by atoms with van der Waals surface area (Å²) in [6, 6.07) is 0. The Morgan fingerprint density at radius 1 is 1.19 bits per heavy atom. The molecule has 1 heterocycles. The lowest BCUT2D eigenvalue weighted by Crippen LogP contribution is -2.47. The summed E-state index contributed by atoms with van der Waals surface area (Å²) >= 11 is 0. The molecule has 0 aromatic carbocycles. The molecule has 7 nitrogen and oxygen atoms in total. The number of nitrogens with zero attached hydrogens (tertiary/aromatic N) is 2. The Morgan fingerprint density at radius 2 is 1.81 bits per heavy atom. The summed E-state index contributed by atoms with van der Waals surface area (Å²) < 4.78 is 24.8. The van der Waals surface area contributed by atoms with Gasteiger partial charge in [0.15, 0.2) is 0 Å². The molecule has 0 saturated carbocycles. The minimum absolute atomic E-state index is 0. The molecule has 0 unspecified atom stereocenters. The van der Waals surface area contributed by atoms with Crippen LogP contribution in [0.5, 0.6) is 0 Å². The zero-order valence-electron chi connectivity index (χ0n) is 9.42. The normalized spacial score (nSPS) is 18.6. The Morgan fingerprint density at radius 3 is 2.31 bits per heavy atom. The van der Waals surface area contributed by atoms with Gasteiger partial charge in [0, 0.05) is 32.7 Å². The van der Waals surface area contributed by atoms with Gasteiger partial charge in [0.25, 0.3) is 11.0 Å². The van der Waals surface area contributed by atoms with Crippen LogP contribution in [0.15, 0.2) is 0 Å². The van der Waals surface area contributed by atoms with E-state index in [9.17, 15) is 8.42 Å². The molecule has 8 heteroatoms. The van der Waals surface area contributed by atoms with Crippen LogP contribution in [-0.4, -0.2) is 69.8 Å². The number of hydroxylamine groups is 2. The third-order valence-corrected chi connectivity index (χ3v) is 2.64. The lowest BCUT2D eigenvalue weighted by atomic mass is 10.3. The van der Waals surface area contributed by atoms with Crippen LogP contribution < -0.4 is 0 Å². The number of piperazine rings is 1. The van der Waals surface area contributed by atoms with Crippen molar-refractivity contribution in [3.8, 4) is 0 Å². The highest BCUT2D eigenvalue weighted by Gasteiger charge is 2.16. The van der Waals surface area contributed by atoms with E-state index >= 15 is 0 Å². The molecule has 0 bridgehead atoms. The van der Waals surface area contributed by atoms with Gasteiger partial charge in [0.2, 0.25) is 0 Å². The van der Waals surface area contributed by atoms with Gasteiger partial charge in [-0.05, 0) is 6.92 Å². The first-order chi connectivity index (χ1) is 7.22. The van der Waals surface area contributed by atoms with Crippen molar-refractivity contribution in [2.24, 2.45) is 0 Å². The Bertz CT molecular complexity index is 233. The molecule has 2 N–H and O–H groups in total. The van der Waals surface area contributed by atoms with Crippen molar-refractivity contribution in [3.63, 3.8) is 0 Å². The zero-order chi connectivity index (χ0) is 11.1. The Balaban J connectivity index is 0.00000225. The topological polar surface area (TPSA) is 90.6 Å². The molecule has 0 spiro atoms. The largest absolute Gasteiger partial charge is 0.412 e. The second kappa shape index (κ2) is 8.85. The minimum atomic E-state index is -2.70. The maximum absolute atomic E-state index is 10.1. The van der Waals surface area contributed by atoms with Crippen molar-refractivity contribution in [1.82, 2.24) is 9.96 Å². The van der Waals surface area contributed by atoms with Crippen LogP contribution in [0.25, 0.3) is 0 Å². The highest BCUT2D eigenvalue weighted by atomic mass is 32.2. The first-order valence-corrected chi connectivity index (χ1v) is 6.19. The molecule has 0 radical (unpaired) electrons. The Hall–Kier alpha value is -0.250. The fourth-order valence-electron chi connectivity index (χ4n) is 1.51. The van der Waals surface area contributed by atoms with Crippen LogP contribution in [0.4, 0.5) is 0 Å². The van der Waals surface area contributed by atoms with E-state index in [4.69, 9.17) is 4.84 Å². The van der Waals surface area contributed by atoms with Crippen molar-refractivity contribution in [3.05, 3.63) is 0 Å². The summed E-state index contributed by atoms with van der Waals surface area (Å²) in [6.07, 6.45) is 0. The molecule has 1 rings (SSSR count). The smallest absolute Gasteiger partial charge is 0.257 e. The zero-order valence-corrected chi connectivity index (χ0v) is 10.3. The van der Waals surface area contributed by atoms with Crippen LogP contribution in [0, 0.1) is 0 Å². The number of rotatable bonds is 6. The molecule has 1 saturated heterocycles. The fraction of sp³-hybridized carbons (Fsp3) is 1.00. The minimum Gasteiger partial charge on any atom is -0.412 e. The van der Waals surface area contributed by atoms with Crippen LogP contribution in [-0.2, 0) is 20.0 Å². The first-order valence-electron chi connectivity index (χ1n) is 5.10. The monoisotopic (exact) mass is 256 g/mol. The molecule has 1 fully saturated rings. The number of hydrogen-bond acceptors (Lipinski definition) is 6.